The Labute approximate surface area is 74.2 Å². The van der Waals surface area contributed by atoms with Crippen LogP contribution in [-0.4, -0.2) is 4.75 Å². The maximum atomic E-state index is 4.77. The lowest BCUT2D eigenvalue weighted by molar-refractivity contribution is -0.159. The molecule has 3 fully saturated rings. The Kier molecular flexibility index (Phi) is 0.808. The summed E-state index contributed by atoms with van der Waals surface area (Å²) in [5.41, 5.74) is 1.39. The van der Waals surface area contributed by atoms with Gasteiger partial charge in [-0.05, 0) is 35.5 Å². The molecule has 0 bridgehead atoms. The van der Waals surface area contributed by atoms with E-state index in [0.717, 1.165) is 11.8 Å². The monoisotopic (exact) mass is 168 g/mol. The van der Waals surface area contributed by atoms with E-state index >= 15 is 0 Å². The summed E-state index contributed by atoms with van der Waals surface area (Å²) < 4.78 is 0.388. The quantitative estimate of drug-likeness (QED) is 0.528. The van der Waals surface area contributed by atoms with Crippen molar-refractivity contribution in [3.63, 3.8) is 0 Å². The lowest BCUT2D eigenvalue weighted by Gasteiger charge is -2.70. The van der Waals surface area contributed by atoms with Crippen molar-refractivity contribution in [1.82, 2.24) is 0 Å². The van der Waals surface area contributed by atoms with E-state index in [-0.39, 0.29) is 0 Å². The molecular weight excluding hydrogens is 152 g/mol. The molecule has 0 aromatic carbocycles. The summed E-state index contributed by atoms with van der Waals surface area (Å²) in [7, 11) is 0. The molecule has 0 aromatic rings. The standard InChI is InChI=1S/C10H16S/c1-6-7-4-10(7)8(6,2)5-9(10,3)11/h6-7,11H,4-5H2,1-3H3. The van der Waals surface area contributed by atoms with E-state index in [1.165, 1.54) is 12.8 Å². The minimum absolute atomic E-state index is 0.388. The van der Waals surface area contributed by atoms with Crippen LogP contribution in [0.5, 0.6) is 0 Å². The van der Waals surface area contributed by atoms with Gasteiger partial charge >= 0.3 is 0 Å². The van der Waals surface area contributed by atoms with Crippen molar-refractivity contribution in [3.05, 3.63) is 0 Å². The zero-order chi connectivity index (χ0) is 8.07. The molecule has 5 unspecified atom stereocenters. The van der Waals surface area contributed by atoms with Crippen LogP contribution in [0.2, 0.25) is 0 Å². The van der Waals surface area contributed by atoms with Crippen molar-refractivity contribution < 1.29 is 0 Å². The molecule has 3 rings (SSSR count). The van der Waals surface area contributed by atoms with Gasteiger partial charge in [-0.2, -0.15) is 12.6 Å². The van der Waals surface area contributed by atoms with Crippen LogP contribution in [0.3, 0.4) is 0 Å². The largest absolute Gasteiger partial charge is 0.172 e. The summed E-state index contributed by atoms with van der Waals surface area (Å²) in [5, 5.41) is 0. The van der Waals surface area contributed by atoms with Crippen LogP contribution in [0.25, 0.3) is 0 Å². The highest BCUT2D eigenvalue weighted by Crippen LogP contribution is 2.93. The third-order valence-electron chi connectivity index (χ3n) is 5.31. The van der Waals surface area contributed by atoms with Crippen LogP contribution in [0.1, 0.15) is 33.6 Å². The number of thiol groups is 1. The first-order chi connectivity index (χ1) is 4.96. The van der Waals surface area contributed by atoms with Crippen LogP contribution in [0.4, 0.5) is 0 Å². The molecule has 0 amide bonds. The van der Waals surface area contributed by atoms with Crippen molar-refractivity contribution in [2.45, 2.75) is 38.4 Å². The zero-order valence-corrected chi connectivity index (χ0v) is 8.41. The first kappa shape index (κ1) is 6.82. The summed E-state index contributed by atoms with van der Waals surface area (Å²) >= 11 is 4.77. The highest BCUT2D eigenvalue weighted by molar-refractivity contribution is 7.82. The number of hydrogen-bond donors (Lipinski definition) is 1. The van der Waals surface area contributed by atoms with Crippen LogP contribution < -0.4 is 0 Å². The second kappa shape index (κ2) is 1.30. The van der Waals surface area contributed by atoms with E-state index < -0.39 is 0 Å². The first-order valence-corrected chi connectivity index (χ1v) is 5.13. The van der Waals surface area contributed by atoms with E-state index in [1.54, 1.807) is 0 Å². The molecule has 0 radical (unpaired) electrons. The molecule has 3 aliphatic carbocycles. The average molecular weight is 168 g/mol. The van der Waals surface area contributed by atoms with Gasteiger partial charge in [0.05, 0.1) is 0 Å². The second-order valence-electron chi connectivity index (χ2n) is 5.44. The van der Waals surface area contributed by atoms with E-state index in [2.05, 4.69) is 20.8 Å². The maximum absolute atomic E-state index is 4.77. The zero-order valence-electron chi connectivity index (χ0n) is 7.52. The van der Waals surface area contributed by atoms with Crippen molar-refractivity contribution in [3.8, 4) is 0 Å². The van der Waals surface area contributed by atoms with E-state index in [9.17, 15) is 0 Å². The molecular formula is C10H16S. The van der Waals surface area contributed by atoms with Crippen LogP contribution >= 0.6 is 12.6 Å². The topological polar surface area (TPSA) is 0 Å². The Morgan fingerprint density at radius 2 is 2.00 bits per heavy atom. The Bertz CT molecular complexity index is 245. The maximum Gasteiger partial charge on any atom is 0.0171 e. The van der Waals surface area contributed by atoms with E-state index in [1.807, 2.05) is 0 Å². The Balaban J connectivity index is 2.03. The van der Waals surface area contributed by atoms with Crippen LogP contribution in [-0.2, 0) is 0 Å². The highest BCUT2D eigenvalue weighted by Gasteiger charge is 2.89. The third kappa shape index (κ3) is 0.384. The molecule has 3 aliphatic rings. The molecule has 0 nitrogen and oxygen atoms in total. The number of rotatable bonds is 0. The average Bonchev–Trinajstić information content (AvgIpc) is 2.59. The fourth-order valence-electron chi connectivity index (χ4n) is 4.62. The van der Waals surface area contributed by atoms with Gasteiger partial charge in [0.1, 0.15) is 0 Å². The lowest BCUT2D eigenvalue weighted by atomic mass is 9.38. The van der Waals surface area contributed by atoms with Crippen molar-refractivity contribution >= 4 is 12.6 Å². The van der Waals surface area contributed by atoms with E-state index in [4.69, 9.17) is 12.6 Å². The molecule has 0 aliphatic heterocycles. The highest BCUT2D eigenvalue weighted by atomic mass is 32.1. The SMILES string of the molecule is CC1C2CC23C(C)(S)CC13C. The normalized spacial score (nSPS) is 77.5. The van der Waals surface area contributed by atoms with Crippen molar-refractivity contribution in [1.29, 1.82) is 0 Å². The summed E-state index contributed by atoms with van der Waals surface area (Å²) in [6.45, 7) is 7.24. The van der Waals surface area contributed by atoms with Crippen molar-refractivity contribution in [2.75, 3.05) is 0 Å². The number of hydrogen-bond acceptors (Lipinski definition) is 1. The van der Waals surface area contributed by atoms with Gasteiger partial charge in [-0.1, -0.05) is 20.8 Å². The lowest BCUT2D eigenvalue weighted by Crippen LogP contribution is -2.68. The summed E-state index contributed by atoms with van der Waals surface area (Å²) in [4.78, 5) is 0. The molecule has 62 valence electrons. The van der Waals surface area contributed by atoms with Gasteiger partial charge in [-0.25, -0.2) is 0 Å². The Hall–Kier alpha value is 0.350. The molecule has 0 N–H and O–H groups in total. The molecule has 0 aromatic heterocycles. The van der Waals surface area contributed by atoms with Crippen LogP contribution in [0.15, 0.2) is 0 Å². The summed E-state index contributed by atoms with van der Waals surface area (Å²) in [6.07, 6.45) is 2.82. The van der Waals surface area contributed by atoms with Crippen molar-refractivity contribution in [2.24, 2.45) is 22.7 Å². The van der Waals surface area contributed by atoms with Gasteiger partial charge in [0.2, 0.25) is 0 Å². The first-order valence-electron chi connectivity index (χ1n) is 4.68. The Morgan fingerprint density at radius 3 is 2.27 bits per heavy atom. The van der Waals surface area contributed by atoms with Gasteiger partial charge in [-0.15, -0.1) is 0 Å². The molecule has 11 heavy (non-hydrogen) atoms. The molecule has 1 spiro atoms. The third-order valence-corrected chi connectivity index (χ3v) is 5.87. The predicted molar refractivity (Wildman–Crippen MR) is 49.8 cm³/mol. The smallest absolute Gasteiger partial charge is 0.0171 e. The molecule has 5 atom stereocenters. The Morgan fingerprint density at radius 1 is 1.36 bits per heavy atom. The summed E-state index contributed by atoms with van der Waals surface area (Å²) in [6, 6.07) is 0. The minimum atomic E-state index is 0.388. The van der Waals surface area contributed by atoms with E-state index in [0.29, 0.717) is 15.6 Å². The molecule has 3 saturated carbocycles. The molecule has 0 saturated heterocycles. The van der Waals surface area contributed by atoms with Gasteiger partial charge in [0, 0.05) is 4.75 Å². The predicted octanol–water partition coefficient (Wildman–Crippen LogP) is 2.74. The van der Waals surface area contributed by atoms with Gasteiger partial charge < -0.3 is 0 Å². The van der Waals surface area contributed by atoms with Crippen LogP contribution in [0, 0.1) is 22.7 Å². The second-order valence-corrected chi connectivity index (χ2v) is 6.43. The fourth-order valence-corrected chi connectivity index (χ4v) is 5.46. The van der Waals surface area contributed by atoms with Gasteiger partial charge in [0.15, 0.2) is 0 Å². The fraction of sp³-hybridized carbons (Fsp3) is 1.00. The van der Waals surface area contributed by atoms with Gasteiger partial charge in [0.25, 0.3) is 0 Å². The minimum Gasteiger partial charge on any atom is -0.172 e. The van der Waals surface area contributed by atoms with Gasteiger partial charge in [-0.3, -0.25) is 0 Å². The molecule has 0 heterocycles. The summed E-state index contributed by atoms with van der Waals surface area (Å²) in [5.74, 6) is 2.03. The molecule has 1 heteroatoms.